The van der Waals surface area contributed by atoms with Crippen LogP contribution in [0.1, 0.15) is 24.9 Å². The highest BCUT2D eigenvalue weighted by Gasteiger charge is 2.36. The van der Waals surface area contributed by atoms with Crippen molar-refractivity contribution in [3.63, 3.8) is 0 Å². The summed E-state index contributed by atoms with van der Waals surface area (Å²) in [6, 6.07) is 9.27. The molecule has 1 amide bonds. The molecular weight excluding hydrogens is 272 g/mol. The van der Waals surface area contributed by atoms with Gasteiger partial charge < -0.3 is 20.4 Å². The molecule has 3 atom stereocenters. The number of amides is 1. The van der Waals surface area contributed by atoms with Crippen LogP contribution in [0.25, 0.3) is 0 Å². The first-order valence-electron chi connectivity index (χ1n) is 7.00. The van der Waals surface area contributed by atoms with Gasteiger partial charge in [0.2, 0.25) is 0 Å². The van der Waals surface area contributed by atoms with E-state index >= 15 is 0 Å². The minimum absolute atomic E-state index is 0.0354. The molecule has 21 heavy (non-hydrogen) atoms. The quantitative estimate of drug-likeness (QED) is 0.787. The number of aliphatic carboxylic acids is 1. The molecule has 0 aromatic heterocycles. The predicted octanol–water partition coefficient (Wildman–Crippen LogP) is 1.79. The number of rotatable bonds is 4. The van der Waals surface area contributed by atoms with Crippen LogP contribution in [0.2, 0.25) is 0 Å². The number of hydrogen-bond donors (Lipinski definition) is 3. The lowest BCUT2D eigenvalue weighted by molar-refractivity contribution is -0.144. The third-order valence-corrected chi connectivity index (χ3v) is 3.96. The van der Waals surface area contributed by atoms with E-state index in [1.807, 2.05) is 37.3 Å². The molecule has 0 bridgehead atoms. The normalized spacial score (nSPS) is 23.6. The lowest BCUT2D eigenvalue weighted by atomic mass is 9.90. The molecule has 1 aromatic carbocycles. The first-order chi connectivity index (χ1) is 9.99. The molecular formula is C15H20N2O4. The lowest BCUT2D eigenvalue weighted by Crippen LogP contribution is -2.54. The molecule has 1 aliphatic rings. The van der Waals surface area contributed by atoms with Gasteiger partial charge in [-0.05, 0) is 18.9 Å². The molecule has 1 aliphatic heterocycles. The van der Waals surface area contributed by atoms with E-state index in [0.29, 0.717) is 6.42 Å². The number of nitrogens with one attached hydrogen (secondary N) is 1. The molecule has 2 rings (SSSR count). The average Bonchev–Trinajstić information content (AvgIpc) is 2.47. The second-order valence-electron chi connectivity index (χ2n) is 5.37. The Labute approximate surface area is 123 Å². The van der Waals surface area contributed by atoms with Crippen molar-refractivity contribution in [1.82, 2.24) is 10.2 Å². The summed E-state index contributed by atoms with van der Waals surface area (Å²) in [5, 5.41) is 21.7. The molecule has 0 saturated carbocycles. The van der Waals surface area contributed by atoms with Crippen molar-refractivity contribution < 1.29 is 19.8 Å². The summed E-state index contributed by atoms with van der Waals surface area (Å²) in [7, 11) is 0. The Kier molecular flexibility index (Phi) is 4.80. The number of hydrogen-bond acceptors (Lipinski definition) is 3. The van der Waals surface area contributed by atoms with Gasteiger partial charge in [-0.1, -0.05) is 30.3 Å². The van der Waals surface area contributed by atoms with Crippen LogP contribution in [0.15, 0.2) is 30.3 Å². The van der Waals surface area contributed by atoms with Gasteiger partial charge in [-0.25, -0.2) is 4.79 Å². The maximum atomic E-state index is 11.4. The van der Waals surface area contributed by atoms with Crippen molar-refractivity contribution in [3.8, 4) is 0 Å². The fourth-order valence-corrected chi connectivity index (χ4v) is 2.75. The zero-order chi connectivity index (χ0) is 15.4. The summed E-state index contributed by atoms with van der Waals surface area (Å²) in [6.45, 7) is 2.42. The summed E-state index contributed by atoms with van der Waals surface area (Å²) in [4.78, 5) is 23.7. The highest BCUT2D eigenvalue weighted by molar-refractivity contribution is 5.72. The highest BCUT2D eigenvalue weighted by atomic mass is 16.4. The van der Waals surface area contributed by atoms with E-state index < -0.39 is 18.0 Å². The van der Waals surface area contributed by atoms with Crippen LogP contribution < -0.4 is 5.32 Å². The van der Waals surface area contributed by atoms with Gasteiger partial charge in [-0.2, -0.15) is 0 Å². The number of carboxylic acids is 1. The van der Waals surface area contributed by atoms with Gasteiger partial charge in [-0.15, -0.1) is 0 Å². The zero-order valence-corrected chi connectivity index (χ0v) is 11.9. The second kappa shape index (κ2) is 6.58. The van der Waals surface area contributed by atoms with Gasteiger partial charge in [0.1, 0.15) is 0 Å². The van der Waals surface area contributed by atoms with Gasteiger partial charge in [-0.3, -0.25) is 4.79 Å². The summed E-state index contributed by atoms with van der Waals surface area (Å²) >= 11 is 0. The third kappa shape index (κ3) is 3.72. The van der Waals surface area contributed by atoms with E-state index in [4.69, 9.17) is 5.11 Å². The minimum atomic E-state index is -1.00. The third-order valence-electron chi connectivity index (χ3n) is 3.96. The van der Waals surface area contributed by atoms with Crippen molar-refractivity contribution in [2.45, 2.75) is 25.4 Å². The van der Waals surface area contributed by atoms with E-state index in [-0.39, 0.29) is 25.2 Å². The van der Waals surface area contributed by atoms with Crippen molar-refractivity contribution >= 4 is 12.1 Å². The topological polar surface area (TPSA) is 89.9 Å². The molecule has 1 heterocycles. The molecule has 1 unspecified atom stereocenters. The van der Waals surface area contributed by atoms with Gasteiger partial charge in [0.15, 0.2) is 0 Å². The maximum absolute atomic E-state index is 11.4. The molecule has 0 spiro atoms. The summed E-state index contributed by atoms with van der Waals surface area (Å²) < 4.78 is 0. The number of benzene rings is 1. The number of piperidine rings is 1. The van der Waals surface area contributed by atoms with Crippen LogP contribution in [0.5, 0.6) is 0 Å². The van der Waals surface area contributed by atoms with E-state index in [1.54, 1.807) is 0 Å². The van der Waals surface area contributed by atoms with E-state index in [1.165, 1.54) is 4.90 Å². The molecule has 0 aliphatic carbocycles. The van der Waals surface area contributed by atoms with Crippen molar-refractivity contribution in [3.05, 3.63) is 35.9 Å². The Bertz CT molecular complexity index is 506. The van der Waals surface area contributed by atoms with Crippen molar-refractivity contribution in [2.24, 2.45) is 5.92 Å². The molecule has 3 N–H and O–H groups in total. The van der Waals surface area contributed by atoms with Gasteiger partial charge in [0.25, 0.3) is 0 Å². The number of likely N-dealkylation sites (tertiary alicyclic amines) is 1. The monoisotopic (exact) mass is 292 g/mol. The van der Waals surface area contributed by atoms with Crippen LogP contribution in [0.4, 0.5) is 4.79 Å². The van der Waals surface area contributed by atoms with E-state index in [2.05, 4.69) is 5.32 Å². The Hall–Kier alpha value is -2.08. The van der Waals surface area contributed by atoms with E-state index in [9.17, 15) is 14.7 Å². The Morgan fingerprint density at radius 3 is 2.52 bits per heavy atom. The SMILES string of the molecule is CC(N[C@H]1CN(C(=O)O)CC[C@@H]1C(=O)O)c1ccccc1. The maximum Gasteiger partial charge on any atom is 0.407 e. The lowest BCUT2D eigenvalue weighted by Gasteiger charge is -2.37. The van der Waals surface area contributed by atoms with Crippen LogP contribution in [-0.4, -0.2) is 46.3 Å². The molecule has 1 fully saturated rings. The standard InChI is InChI=1S/C15H20N2O4/c1-10(11-5-3-2-4-6-11)16-13-9-17(15(20)21)8-7-12(13)14(18)19/h2-6,10,12-13,16H,7-9H2,1H3,(H,18,19)(H,20,21)/t10?,12-,13-/m0/s1. The van der Waals surface area contributed by atoms with Crippen LogP contribution in [0.3, 0.4) is 0 Å². The van der Waals surface area contributed by atoms with E-state index in [0.717, 1.165) is 5.56 Å². The fraction of sp³-hybridized carbons (Fsp3) is 0.467. The predicted molar refractivity (Wildman–Crippen MR) is 77.1 cm³/mol. The summed E-state index contributed by atoms with van der Waals surface area (Å²) in [5.41, 5.74) is 1.05. The van der Waals surface area contributed by atoms with Gasteiger partial charge in [0, 0.05) is 25.2 Å². The minimum Gasteiger partial charge on any atom is -0.481 e. The fourth-order valence-electron chi connectivity index (χ4n) is 2.75. The first-order valence-corrected chi connectivity index (χ1v) is 7.00. The molecule has 1 saturated heterocycles. The zero-order valence-electron chi connectivity index (χ0n) is 11.9. The molecule has 6 nitrogen and oxygen atoms in total. The molecule has 1 aromatic rings. The van der Waals surface area contributed by atoms with Crippen LogP contribution in [0, 0.1) is 5.92 Å². The largest absolute Gasteiger partial charge is 0.481 e. The number of nitrogens with zero attached hydrogens (tertiary/aromatic N) is 1. The molecule has 6 heteroatoms. The molecule has 0 radical (unpaired) electrons. The van der Waals surface area contributed by atoms with Crippen molar-refractivity contribution in [2.75, 3.05) is 13.1 Å². The number of carbonyl (C=O) groups is 2. The van der Waals surface area contributed by atoms with Crippen LogP contribution in [-0.2, 0) is 4.79 Å². The van der Waals surface area contributed by atoms with Crippen molar-refractivity contribution in [1.29, 1.82) is 0 Å². The second-order valence-corrected chi connectivity index (χ2v) is 5.37. The highest BCUT2D eigenvalue weighted by Crippen LogP contribution is 2.22. The molecule has 114 valence electrons. The average molecular weight is 292 g/mol. The van der Waals surface area contributed by atoms with Gasteiger partial charge >= 0.3 is 12.1 Å². The number of carboxylic acid groups (broad SMARTS) is 2. The smallest absolute Gasteiger partial charge is 0.407 e. The Morgan fingerprint density at radius 1 is 1.29 bits per heavy atom. The Morgan fingerprint density at radius 2 is 1.95 bits per heavy atom. The Balaban J connectivity index is 2.09. The summed E-state index contributed by atoms with van der Waals surface area (Å²) in [5.74, 6) is -1.44. The van der Waals surface area contributed by atoms with Crippen LogP contribution >= 0.6 is 0 Å². The first kappa shape index (κ1) is 15.3. The summed E-state index contributed by atoms with van der Waals surface area (Å²) in [6.07, 6.45) is -0.668. The van der Waals surface area contributed by atoms with Gasteiger partial charge in [0.05, 0.1) is 5.92 Å².